The molecule has 0 unspecified atom stereocenters. The third kappa shape index (κ3) is 4.79. The van der Waals surface area contributed by atoms with Gasteiger partial charge in [0.15, 0.2) is 5.01 Å². The van der Waals surface area contributed by atoms with Crippen LogP contribution in [0.25, 0.3) is 27.4 Å². The summed E-state index contributed by atoms with van der Waals surface area (Å²) in [5.41, 5.74) is 2.56. The first-order valence-electron chi connectivity index (χ1n) is 12.6. The van der Waals surface area contributed by atoms with Gasteiger partial charge in [0.1, 0.15) is 22.5 Å². The molecule has 0 atom stereocenters. The predicted octanol–water partition coefficient (Wildman–Crippen LogP) is 5.66. The van der Waals surface area contributed by atoms with Gasteiger partial charge in [-0.3, -0.25) is 4.57 Å². The average Bonchev–Trinajstić information content (AvgIpc) is 3.55. The van der Waals surface area contributed by atoms with Gasteiger partial charge in [-0.15, -0.1) is 10.2 Å². The van der Waals surface area contributed by atoms with Crippen LogP contribution in [-0.4, -0.2) is 59.5 Å². The van der Waals surface area contributed by atoms with Gasteiger partial charge in [0, 0.05) is 60.3 Å². The van der Waals surface area contributed by atoms with Gasteiger partial charge in [-0.1, -0.05) is 11.3 Å². The van der Waals surface area contributed by atoms with Crippen LogP contribution in [0.1, 0.15) is 62.9 Å². The van der Waals surface area contributed by atoms with E-state index < -0.39 is 11.6 Å². The Bertz CT molecular complexity index is 1520. The van der Waals surface area contributed by atoms with E-state index in [1.165, 1.54) is 0 Å². The molecule has 10 nitrogen and oxygen atoms in total. The Labute approximate surface area is 225 Å². The molecular formula is C27H30N8O2S. The van der Waals surface area contributed by atoms with Crippen molar-refractivity contribution in [2.75, 3.05) is 12.4 Å². The largest absolute Gasteiger partial charge is 0.465 e. The quantitative estimate of drug-likeness (QED) is 0.338. The van der Waals surface area contributed by atoms with Crippen LogP contribution in [0, 0.1) is 11.3 Å². The highest BCUT2D eigenvalue weighted by Gasteiger charge is 2.36. The van der Waals surface area contributed by atoms with E-state index in [-0.39, 0.29) is 12.0 Å². The normalized spacial score (nSPS) is 17.8. The minimum absolute atomic E-state index is 0.0227. The summed E-state index contributed by atoms with van der Waals surface area (Å²) in [4.78, 5) is 22.6. The molecule has 1 saturated carbocycles. The number of aromatic nitrogens is 5. The highest BCUT2D eigenvalue weighted by Crippen LogP contribution is 2.40. The number of nitrogens with one attached hydrogen (secondary N) is 1. The van der Waals surface area contributed by atoms with Gasteiger partial charge >= 0.3 is 6.09 Å². The number of fused-ring (bicyclic) bond motifs is 1. The molecule has 1 amide bonds. The van der Waals surface area contributed by atoms with E-state index in [0.717, 1.165) is 58.0 Å². The first kappa shape index (κ1) is 25.6. The van der Waals surface area contributed by atoms with Gasteiger partial charge in [0.2, 0.25) is 0 Å². The monoisotopic (exact) mass is 530 g/mol. The van der Waals surface area contributed by atoms with Crippen molar-refractivity contribution < 1.29 is 9.90 Å². The molecule has 11 heteroatoms. The van der Waals surface area contributed by atoms with E-state index in [4.69, 9.17) is 5.26 Å². The number of carbonyl (C=O) groups is 1. The van der Waals surface area contributed by atoms with Crippen molar-refractivity contribution in [3.63, 3.8) is 0 Å². The number of hydrogen-bond donors (Lipinski definition) is 2. The molecule has 4 aromatic heterocycles. The van der Waals surface area contributed by atoms with Crippen molar-refractivity contribution in [1.82, 2.24) is 29.6 Å². The van der Waals surface area contributed by atoms with Crippen molar-refractivity contribution in [3.05, 3.63) is 47.4 Å². The number of rotatable bonds is 5. The van der Waals surface area contributed by atoms with Gasteiger partial charge in [-0.25, -0.2) is 14.8 Å². The highest BCUT2D eigenvalue weighted by molar-refractivity contribution is 7.14. The molecule has 2 N–H and O–H groups in total. The first-order chi connectivity index (χ1) is 18.2. The summed E-state index contributed by atoms with van der Waals surface area (Å²) >= 11 is 1.57. The summed E-state index contributed by atoms with van der Waals surface area (Å²) in [6.07, 6.45) is 7.80. The van der Waals surface area contributed by atoms with E-state index in [0.29, 0.717) is 11.4 Å². The van der Waals surface area contributed by atoms with Gasteiger partial charge in [-0.2, -0.15) is 5.26 Å². The summed E-state index contributed by atoms with van der Waals surface area (Å²) in [6, 6.07) is 7.82. The van der Waals surface area contributed by atoms with Crippen LogP contribution in [0.3, 0.4) is 0 Å². The minimum Gasteiger partial charge on any atom is -0.465 e. The molecule has 0 spiro atoms. The maximum Gasteiger partial charge on any atom is 0.407 e. The molecular weight excluding hydrogens is 500 g/mol. The molecule has 0 aliphatic heterocycles. The number of anilines is 1. The maximum absolute atomic E-state index is 11.9. The molecule has 0 radical (unpaired) electrons. The highest BCUT2D eigenvalue weighted by atomic mass is 32.1. The first-order valence-corrected chi connectivity index (χ1v) is 13.4. The van der Waals surface area contributed by atoms with Crippen molar-refractivity contribution in [1.29, 1.82) is 5.26 Å². The molecule has 38 heavy (non-hydrogen) atoms. The molecule has 0 aromatic carbocycles. The number of pyridine rings is 2. The van der Waals surface area contributed by atoms with Gasteiger partial charge in [0.25, 0.3) is 0 Å². The summed E-state index contributed by atoms with van der Waals surface area (Å²) in [5, 5.41) is 33.8. The Balaban J connectivity index is 1.35. The zero-order chi connectivity index (χ0) is 27.0. The van der Waals surface area contributed by atoms with E-state index in [9.17, 15) is 9.90 Å². The van der Waals surface area contributed by atoms with Crippen molar-refractivity contribution >= 4 is 34.2 Å². The Morgan fingerprint density at radius 1 is 1.18 bits per heavy atom. The SMILES string of the molecule is CNc1cc(-n2ccc3cc(C#N)cnc32)ncc1-c1nnc(C2CCC(N(C(=O)O)C(C)(C)C)CC2)s1. The number of amides is 1. The fourth-order valence-electron chi connectivity index (χ4n) is 5.30. The van der Waals surface area contributed by atoms with Crippen LogP contribution in [-0.2, 0) is 0 Å². The Hall–Kier alpha value is -4.04. The number of nitrogens with zero attached hydrogens (tertiary/aromatic N) is 7. The summed E-state index contributed by atoms with van der Waals surface area (Å²) < 4.78 is 1.89. The smallest absolute Gasteiger partial charge is 0.407 e. The van der Waals surface area contributed by atoms with Gasteiger partial charge in [-0.05, 0) is 58.6 Å². The van der Waals surface area contributed by atoms with Crippen molar-refractivity contribution in [3.8, 4) is 22.5 Å². The summed E-state index contributed by atoms with van der Waals surface area (Å²) in [7, 11) is 1.86. The number of hydrogen-bond acceptors (Lipinski definition) is 8. The molecule has 1 fully saturated rings. The molecule has 0 bridgehead atoms. The van der Waals surface area contributed by atoms with Crippen LogP contribution in [0.2, 0.25) is 0 Å². The molecule has 1 aliphatic carbocycles. The van der Waals surface area contributed by atoms with Gasteiger partial charge in [0.05, 0.1) is 11.1 Å². The maximum atomic E-state index is 11.9. The second-order valence-corrected chi connectivity index (χ2v) is 11.6. The third-order valence-electron chi connectivity index (χ3n) is 7.07. The van der Waals surface area contributed by atoms with E-state index in [1.807, 2.05) is 56.8 Å². The fraction of sp³-hybridized carbons (Fsp3) is 0.407. The second kappa shape index (κ2) is 10.0. The van der Waals surface area contributed by atoms with E-state index in [1.54, 1.807) is 28.6 Å². The summed E-state index contributed by atoms with van der Waals surface area (Å²) in [5.74, 6) is 0.976. The van der Waals surface area contributed by atoms with Crippen molar-refractivity contribution in [2.45, 2.75) is 64.0 Å². The topological polar surface area (TPSA) is 133 Å². The Morgan fingerprint density at radius 2 is 1.95 bits per heavy atom. The third-order valence-corrected chi connectivity index (χ3v) is 8.19. The molecule has 5 rings (SSSR count). The van der Waals surface area contributed by atoms with E-state index >= 15 is 0 Å². The standard InChI is InChI=1S/C27H30N8O2S/c1-27(2,3)35(26(36)37)19-7-5-17(6-8-19)24-32-33-25(38-24)20-15-30-22(12-21(20)29-4)34-10-9-18-11-16(13-28)14-31-23(18)34/h9-12,14-15,17,19H,5-8H2,1-4H3,(H,29,30)(H,36,37). The van der Waals surface area contributed by atoms with Crippen LogP contribution in [0.5, 0.6) is 0 Å². The summed E-state index contributed by atoms with van der Waals surface area (Å²) in [6.45, 7) is 5.84. The molecule has 0 saturated heterocycles. The molecule has 1 aliphatic rings. The predicted molar refractivity (Wildman–Crippen MR) is 147 cm³/mol. The van der Waals surface area contributed by atoms with Gasteiger partial charge < -0.3 is 15.3 Å². The minimum atomic E-state index is -0.856. The lowest BCUT2D eigenvalue weighted by atomic mass is 9.84. The Morgan fingerprint density at radius 3 is 2.61 bits per heavy atom. The average molecular weight is 531 g/mol. The number of nitriles is 1. The Kier molecular flexibility index (Phi) is 6.75. The fourth-order valence-corrected chi connectivity index (χ4v) is 6.34. The van der Waals surface area contributed by atoms with Crippen LogP contribution < -0.4 is 5.32 Å². The zero-order valence-corrected chi connectivity index (χ0v) is 22.7. The van der Waals surface area contributed by atoms with Crippen molar-refractivity contribution in [2.24, 2.45) is 0 Å². The number of carboxylic acid groups (broad SMARTS) is 1. The molecule has 4 aromatic rings. The molecule has 4 heterocycles. The lowest BCUT2D eigenvalue weighted by Gasteiger charge is -2.42. The lowest BCUT2D eigenvalue weighted by molar-refractivity contribution is 0.0546. The van der Waals surface area contributed by atoms with E-state index in [2.05, 4.69) is 31.6 Å². The second-order valence-electron chi connectivity index (χ2n) is 10.5. The van der Waals surface area contributed by atoms with Crippen LogP contribution >= 0.6 is 11.3 Å². The lowest BCUT2D eigenvalue weighted by Crippen LogP contribution is -2.52. The zero-order valence-electron chi connectivity index (χ0n) is 21.8. The molecule has 196 valence electrons. The van der Waals surface area contributed by atoms with Crippen LogP contribution in [0.15, 0.2) is 36.8 Å². The van der Waals surface area contributed by atoms with Crippen LogP contribution in [0.4, 0.5) is 10.5 Å².